The summed E-state index contributed by atoms with van der Waals surface area (Å²) in [4.78, 5) is 17.6. The van der Waals surface area contributed by atoms with Crippen LogP contribution in [0.2, 0.25) is 5.02 Å². The van der Waals surface area contributed by atoms with Crippen molar-refractivity contribution in [3.8, 4) is 17.6 Å². The number of piperidine rings is 2. The van der Waals surface area contributed by atoms with Gasteiger partial charge in [0.05, 0.1) is 5.02 Å². The summed E-state index contributed by atoms with van der Waals surface area (Å²) in [6.45, 7) is 9.18. The molecule has 2 saturated heterocycles. The molecule has 0 bridgehead atoms. The lowest BCUT2D eigenvalue weighted by Gasteiger charge is -2.32. The van der Waals surface area contributed by atoms with Gasteiger partial charge in [0.15, 0.2) is 0 Å². The SMILES string of the molecule is CC1CCCN(CCCNC(=O)c2ccc(OC3CCN(Cc4cccc(C#Cc5ccccc5)c4)CC3)c(Cl)c2)C1. The van der Waals surface area contributed by atoms with Crippen molar-refractivity contribution >= 4 is 17.5 Å². The van der Waals surface area contributed by atoms with E-state index in [-0.39, 0.29) is 12.0 Å². The van der Waals surface area contributed by atoms with E-state index in [9.17, 15) is 4.79 Å². The average Bonchev–Trinajstić information content (AvgIpc) is 3.01. The van der Waals surface area contributed by atoms with Gasteiger partial charge in [0.1, 0.15) is 11.9 Å². The molecule has 220 valence electrons. The monoisotopic (exact) mass is 583 g/mol. The highest BCUT2D eigenvalue weighted by Gasteiger charge is 2.22. The summed E-state index contributed by atoms with van der Waals surface area (Å²) in [5.74, 6) is 7.87. The molecule has 2 aliphatic heterocycles. The first-order valence-corrected chi connectivity index (χ1v) is 15.7. The molecule has 0 saturated carbocycles. The highest BCUT2D eigenvalue weighted by atomic mass is 35.5. The zero-order chi connectivity index (χ0) is 29.1. The van der Waals surface area contributed by atoms with Crippen molar-refractivity contribution in [1.29, 1.82) is 0 Å². The maximum Gasteiger partial charge on any atom is 0.251 e. The topological polar surface area (TPSA) is 44.8 Å². The number of carbonyl (C=O) groups is 1. The third-order valence-electron chi connectivity index (χ3n) is 8.16. The van der Waals surface area contributed by atoms with Gasteiger partial charge >= 0.3 is 0 Å². The summed E-state index contributed by atoms with van der Waals surface area (Å²) in [6, 6.07) is 24.0. The summed E-state index contributed by atoms with van der Waals surface area (Å²) in [7, 11) is 0. The Morgan fingerprint density at radius 2 is 1.71 bits per heavy atom. The van der Waals surface area contributed by atoms with Gasteiger partial charge in [0.2, 0.25) is 0 Å². The van der Waals surface area contributed by atoms with Crippen molar-refractivity contribution < 1.29 is 9.53 Å². The molecule has 3 aromatic rings. The normalized spacial score (nSPS) is 18.2. The van der Waals surface area contributed by atoms with Crippen molar-refractivity contribution in [3.63, 3.8) is 0 Å². The third-order valence-corrected chi connectivity index (χ3v) is 8.45. The van der Waals surface area contributed by atoms with Crippen LogP contribution in [-0.4, -0.2) is 61.1 Å². The molecular formula is C36H42ClN3O2. The van der Waals surface area contributed by atoms with Crippen LogP contribution < -0.4 is 10.1 Å². The van der Waals surface area contributed by atoms with Gasteiger partial charge in [-0.1, -0.05) is 60.7 Å². The van der Waals surface area contributed by atoms with Gasteiger partial charge in [0, 0.05) is 49.4 Å². The smallest absolute Gasteiger partial charge is 0.251 e. The number of hydrogen-bond donors (Lipinski definition) is 1. The number of nitrogens with one attached hydrogen (secondary N) is 1. The number of likely N-dealkylation sites (tertiary alicyclic amines) is 2. The lowest BCUT2D eigenvalue weighted by Crippen LogP contribution is -2.37. The molecule has 0 radical (unpaired) electrons. The molecule has 2 aliphatic rings. The lowest BCUT2D eigenvalue weighted by atomic mass is 10.0. The van der Waals surface area contributed by atoms with Gasteiger partial charge in [-0.25, -0.2) is 0 Å². The standard InChI is InChI=1S/C36H42ClN3O2/c1-28-8-6-20-39(26-28)21-7-19-38-36(41)32-15-16-35(34(37)25-32)42-33-17-22-40(23-18-33)27-31-12-5-11-30(24-31)14-13-29-9-3-2-4-10-29/h2-5,9-12,15-16,24-25,28,33H,6-8,17-23,26-27H2,1H3,(H,38,41). The van der Waals surface area contributed by atoms with Gasteiger partial charge in [-0.15, -0.1) is 0 Å². The van der Waals surface area contributed by atoms with Crippen LogP contribution in [0.15, 0.2) is 72.8 Å². The largest absolute Gasteiger partial charge is 0.489 e. The van der Waals surface area contributed by atoms with E-state index in [0.717, 1.165) is 62.5 Å². The summed E-state index contributed by atoms with van der Waals surface area (Å²) < 4.78 is 6.27. The number of carbonyl (C=O) groups excluding carboxylic acids is 1. The van der Waals surface area contributed by atoms with Crippen LogP contribution in [0.25, 0.3) is 0 Å². The van der Waals surface area contributed by atoms with Crippen LogP contribution in [0.3, 0.4) is 0 Å². The first-order valence-electron chi connectivity index (χ1n) is 15.4. The molecule has 6 heteroatoms. The Hall–Kier alpha value is -3.30. The van der Waals surface area contributed by atoms with E-state index in [1.807, 2.05) is 42.5 Å². The number of ether oxygens (including phenoxy) is 1. The van der Waals surface area contributed by atoms with E-state index < -0.39 is 0 Å². The van der Waals surface area contributed by atoms with Crippen molar-refractivity contribution in [3.05, 3.63) is 100 Å². The fourth-order valence-corrected chi connectivity index (χ4v) is 6.10. The van der Waals surface area contributed by atoms with E-state index in [0.29, 0.717) is 22.9 Å². The Balaban J connectivity index is 1.04. The number of amides is 1. The van der Waals surface area contributed by atoms with Crippen LogP contribution in [0.4, 0.5) is 0 Å². The molecule has 0 aliphatic carbocycles. The number of benzene rings is 3. The van der Waals surface area contributed by atoms with Gasteiger partial charge < -0.3 is 15.0 Å². The van der Waals surface area contributed by atoms with E-state index in [2.05, 4.69) is 58.1 Å². The number of rotatable bonds is 9. The molecule has 2 fully saturated rings. The average molecular weight is 584 g/mol. The molecule has 3 aromatic carbocycles. The fourth-order valence-electron chi connectivity index (χ4n) is 5.87. The molecule has 1 amide bonds. The van der Waals surface area contributed by atoms with Gasteiger partial charge in [-0.2, -0.15) is 0 Å². The Morgan fingerprint density at radius 1 is 0.929 bits per heavy atom. The summed E-state index contributed by atoms with van der Waals surface area (Å²) in [5.41, 5.74) is 3.90. The highest BCUT2D eigenvalue weighted by Crippen LogP contribution is 2.29. The van der Waals surface area contributed by atoms with E-state index >= 15 is 0 Å². The Morgan fingerprint density at radius 3 is 2.50 bits per heavy atom. The predicted octanol–water partition coefficient (Wildman–Crippen LogP) is 6.64. The second kappa shape index (κ2) is 15.3. The van der Waals surface area contributed by atoms with Crippen molar-refractivity contribution in [2.45, 2.75) is 51.7 Å². The molecule has 0 aromatic heterocycles. The molecule has 1 atom stereocenters. The van der Waals surface area contributed by atoms with E-state index in [4.69, 9.17) is 16.3 Å². The molecule has 5 rings (SSSR count). The molecule has 42 heavy (non-hydrogen) atoms. The lowest BCUT2D eigenvalue weighted by molar-refractivity contribution is 0.0947. The van der Waals surface area contributed by atoms with Crippen LogP contribution in [-0.2, 0) is 6.54 Å². The van der Waals surface area contributed by atoms with E-state index in [1.165, 1.54) is 31.5 Å². The second-order valence-corrected chi connectivity index (χ2v) is 12.1. The molecule has 1 unspecified atom stereocenters. The van der Waals surface area contributed by atoms with E-state index in [1.54, 1.807) is 6.07 Å². The summed E-state index contributed by atoms with van der Waals surface area (Å²) in [5, 5.41) is 3.53. The first-order chi connectivity index (χ1) is 20.5. The van der Waals surface area contributed by atoms with Crippen LogP contribution >= 0.6 is 11.6 Å². The number of halogens is 1. The quantitative estimate of drug-likeness (QED) is 0.227. The second-order valence-electron chi connectivity index (χ2n) is 11.7. The third kappa shape index (κ3) is 9.10. The van der Waals surface area contributed by atoms with Gasteiger partial charge in [0.25, 0.3) is 5.91 Å². The van der Waals surface area contributed by atoms with Crippen molar-refractivity contribution in [2.75, 3.05) is 39.3 Å². The van der Waals surface area contributed by atoms with Crippen LogP contribution in [0.1, 0.15) is 66.1 Å². The Bertz CT molecular complexity index is 1380. The number of hydrogen-bond acceptors (Lipinski definition) is 4. The van der Waals surface area contributed by atoms with Gasteiger partial charge in [-0.3, -0.25) is 9.69 Å². The molecule has 5 nitrogen and oxygen atoms in total. The van der Waals surface area contributed by atoms with Gasteiger partial charge in [-0.05, 0) is 99.1 Å². The summed E-state index contributed by atoms with van der Waals surface area (Å²) in [6.07, 6.45) is 5.54. The highest BCUT2D eigenvalue weighted by molar-refractivity contribution is 6.32. The van der Waals surface area contributed by atoms with Crippen LogP contribution in [0, 0.1) is 17.8 Å². The summed E-state index contributed by atoms with van der Waals surface area (Å²) >= 11 is 6.55. The Labute approximate surface area is 256 Å². The van der Waals surface area contributed by atoms with Crippen molar-refractivity contribution in [1.82, 2.24) is 15.1 Å². The first kappa shape index (κ1) is 30.2. The zero-order valence-electron chi connectivity index (χ0n) is 24.7. The minimum Gasteiger partial charge on any atom is -0.489 e. The minimum absolute atomic E-state index is 0.0844. The number of nitrogens with zero attached hydrogens (tertiary/aromatic N) is 2. The molecular weight excluding hydrogens is 542 g/mol. The molecule has 2 heterocycles. The maximum absolute atomic E-state index is 12.7. The maximum atomic E-state index is 12.7. The molecule has 1 N–H and O–H groups in total. The zero-order valence-corrected chi connectivity index (χ0v) is 25.4. The molecule has 0 spiro atoms. The van der Waals surface area contributed by atoms with Crippen molar-refractivity contribution in [2.24, 2.45) is 5.92 Å². The minimum atomic E-state index is -0.0844. The fraction of sp³-hybridized carbons (Fsp3) is 0.417. The Kier molecular flexibility index (Phi) is 11.0. The van der Waals surface area contributed by atoms with Crippen LogP contribution in [0.5, 0.6) is 5.75 Å². The predicted molar refractivity (Wildman–Crippen MR) is 171 cm³/mol.